The van der Waals surface area contributed by atoms with E-state index in [0.717, 1.165) is 43.1 Å². The number of hydrogen-bond donors (Lipinski definition) is 3. The van der Waals surface area contributed by atoms with Crippen molar-refractivity contribution in [2.75, 3.05) is 33.4 Å². The van der Waals surface area contributed by atoms with Gasteiger partial charge in [0, 0.05) is 37.0 Å². The molecule has 3 atom stereocenters. The Morgan fingerprint density at radius 1 is 1.40 bits per heavy atom. The van der Waals surface area contributed by atoms with Gasteiger partial charge in [-0.25, -0.2) is 0 Å². The van der Waals surface area contributed by atoms with Gasteiger partial charge < -0.3 is 25.8 Å². The van der Waals surface area contributed by atoms with E-state index in [4.69, 9.17) is 15.2 Å². The molecule has 1 heterocycles. The third-order valence-electron chi connectivity index (χ3n) is 5.45. The first-order valence-corrected chi connectivity index (χ1v) is 11.1. The fourth-order valence-electron chi connectivity index (χ4n) is 3.89. The molecule has 1 aliphatic carbocycles. The smallest absolute Gasteiger partial charge is 0.111 e. The second-order valence-electron chi connectivity index (χ2n) is 8.20. The van der Waals surface area contributed by atoms with Crippen LogP contribution in [0.5, 0.6) is 0 Å². The van der Waals surface area contributed by atoms with E-state index < -0.39 is 0 Å². The van der Waals surface area contributed by atoms with Crippen molar-refractivity contribution in [3.05, 3.63) is 65.4 Å². The molecular weight excluding hydrogens is 374 g/mol. The molecule has 0 aromatic heterocycles. The number of fused-ring (bicyclic) bond motifs is 1. The first kappa shape index (κ1) is 24.2. The molecular formula is C25H39N3O2. The normalized spacial score (nSPS) is 27.5. The maximum absolute atomic E-state index is 6.37. The van der Waals surface area contributed by atoms with Crippen LogP contribution in [0.4, 0.5) is 0 Å². The molecule has 1 saturated heterocycles. The van der Waals surface area contributed by atoms with Gasteiger partial charge >= 0.3 is 0 Å². The molecule has 3 unspecified atom stereocenters. The fourth-order valence-corrected chi connectivity index (χ4v) is 3.89. The second kappa shape index (κ2) is 13.3. The van der Waals surface area contributed by atoms with Gasteiger partial charge in [0.2, 0.25) is 0 Å². The van der Waals surface area contributed by atoms with Gasteiger partial charge in [-0.1, -0.05) is 26.0 Å². The van der Waals surface area contributed by atoms with Crippen LogP contribution in [0.1, 0.15) is 39.5 Å². The van der Waals surface area contributed by atoms with Crippen molar-refractivity contribution < 1.29 is 9.47 Å². The molecule has 0 bridgehead atoms. The lowest BCUT2D eigenvalue weighted by atomic mass is 9.84. The lowest BCUT2D eigenvalue weighted by molar-refractivity contribution is 0.110. The van der Waals surface area contributed by atoms with Crippen LogP contribution < -0.4 is 16.4 Å². The summed E-state index contributed by atoms with van der Waals surface area (Å²) in [4.78, 5) is 0. The molecule has 0 spiro atoms. The van der Waals surface area contributed by atoms with Crippen molar-refractivity contribution >= 4 is 0 Å². The Labute approximate surface area is 182 Å². The summed E-state index contributed by atoms with van der Waals surface area (Å²) in [5.74, 6) is 1.52. The van der Waals surface area contributed by atoms with E-state index in [9.17, 15) is 0 Å². The highest BCUT2D eigenvalue weighted by molar-refractivity contribution is 5.33. The van der Waals surface area contributed by atoms with Crippen molar-refractivity contribution in [1.82, 2.24) is 10.6 Å². The molecule has 2 aliphatic rings. The number of methoxy groups -OCH3 is 1. The summed E-state index contributed by atoms with van der Waals surface area (Å²) in [6.07, 6.45) is 14.8. The molecule has 2 rings (SSSR count). The van der Waals surface area contributed by atoms with Gasteiger partial charge in [0.15, 0.2) is 0 Å². The molecule has 1 aliphatic heterocycles. The average Bonchev–Trinajstić information content (AvgIpc) is 2.70. The Morgan fingerprint density at radius 3 is 3.03 bits per heavy atom. The fraction of sp³-hybridized carbons (Fsp3) is 0.560. The minimum Gasteiger partial charge on any atom is -0.496 e. The molecule has 1 fully saturated rings. The van der Waals surface area contributed by atoms with E-state index in [2.05, 4.69) is 42.0 Å². The van der Waals surface area contributed by atoms with Gasteiger partial charge in [-0.3, -0.25) is 0 Å². The van der Waals surface area contributed by atoms with Gasteiger partial charge in [-0.2, -0.15) is 0 Å². The maximum Gasteiger partial charge on any atom is 0.111 e. The second-order valence-corrected chi connectivity index (χ2v) is 8.20. The summed E-state index contributed by atoms with van der Waals surface area (Å²) >= 11 is 0. The zero-order valence-electron chi connectivity index (χ0n) is 18.9. The van der Waals surface area contributed by atoms with E-state index in [0.29, 0.717) is 25.0 Å². The van der Waals surface area contributed by atoms with E-state index in [1.165, 1.54) is 18.4 Å². The number of nitrogens with one attached hydrogen (secondary N) is 2. The molecule has 5 nitrogen and oxygen atoms in total. The number of hydrogen-bond acceptors (Lipinski definition) is 5. The van der Waals surface area contributed by atoms with E-state index in [1.54, 1.807) is 7.11 Å². The molecule has 5 heteroatoms. The highest BCUT2D eigenvalue weighted by Gasteiger charge is 2.21. The zero-order chi connectivity index (χ0) is 21.8. The first-order chi connectivity index (χ1) is 14.5. The minimum atomic E-state index is 0.264. The third-order valence-corrected chi connectivity index (χ3v) is 5.45. The van der Waals surface area contributed by atoms with Crippen LogP contribution in [0.25, 0.3) is 0 Å². The van der Waals surface area contributed by atoms with Crippen LogP contribution >= 0.6 is 0 Å². The molecule has 0 aromatic carbocycles. The molecule has 4 N–H and O–H groups in total. The monoisotopic (exact) mass is 413 g/mol. The van der Waals surface area contributed by atoms with Crippen LogP contribution in [-0.2, 0) is 9.47 Å². The van der Waals surface area contributed by atoms with Crippen molar-refractivity contribution in [2.45, 2.75) is 45.6 Å². The largest absolute Gasteiger partial charge is 0.496 e. The van der Waals surface area contributed by atoms with Gasteiger partial charge in [0.25, 0.3) is 0 Å². The van der Waals surface area contributed by atoms with Crippen molar-refractivity contribution in [1.29, 1.82) is 0 Å². The summed E-state index contributed by atoms with van der Waals surface area (Å²) in [6.45, 7) is 11.3. The number of allylic oxidation sites excluding steroid dienone is 4. The van der Waals surface area contributed by atoms with Crippen molar-refractivity contribution in [3.63, 3.8) is 0 Å². The minimum absolute atomic E-state index is 0.264. The average molecular weight is 414 g/mol. The Balaban J connectivity index is 2.10. The molecule has 0 amide bonds. The lowest BCUT2D eigenvalue weighted by Gasteiger charge is -2.24. The predicted molar refractivity (Wildman–Crippen MR) is 125 cm³/mol. The topological polar surface area (TPSA) is 68.5 Å². The predicted octanol–water partition coefficient (Wildman–Crippen LogP) is 3.93. The Kier molecular flexibility index (Phi) is 10.7. The van der Waals surface area contributed by atoms with Gasteiger partial charge in [-0.05, 0) is 68.5 Å². The SMILES string of the molecule is C=C(/C=C(\C)OCCOC)N/C1=C/C=C=C2C(C)CC(N)CCCCNCC2C=C1. The molecule has 0 aromatic rings. The van der Waals surface area contributed by atoms with Crippen LogP contribution in [0.15, 0.2) is 65.4 Å². The lowest BCUT2D eigenvalue weighted by Crippen LogP contribution is -2.27. The number of rotatable bonds is 7. The molecule has 0 radical (unpaired) electrons. The summed E-state index contributed by atoms with van der Waals surface area (Å²) in [5, 5.41) is 6.96. The van der Waals surface area contributed by atoms with Crippen LogP contribution in [0, 0.1) is 11.8 Å². The maximum atomic E-state index is 6.37. The highest BCUT2D eigenvalue weighted by atomic mass is 16.5. The Hall–Kier alpha value is -2.04. The summed E-state index contributed by atoms with van der Waals surface area (Å²) < 4.78 is 10.6. The van der Waals surface area contributed by atoms with Crippen LogP contribution in [-0.4, -0.2) is 39.5 Å². The summed E-state index contributed by atoms with van der Waals surface area (Å²) in [7, 11) is 1.66. The number of ether oxygens (including phenoxy) is 2. The molecule has 0 saturated carbocycles. The molecule has 30 heavy (non-hydrogen) atoms. The Bertz CT molecular complexity index is 714. The first-order valence-electron chi connectivity index (χ1n) is 11.1. The van der Waals surface area contributed by atoms with E-state index >= 15 is 0 Å². The van der Waals surface area contributed by atoms with Gasteiger partial charge in [-0.15, -0.1) is 5.73 Å². The van der Waals surface area contributed by atoms with Crippen molar-refractivity contribution in [3.8, 4) is 0 Å². The zero-order valence-corrected chi connectivity index (χ0v) is 18.9. The third kappa shape index (κ3) is 8.76. The van der Waals surface area contributed by atoms with Crippen LogP contribution in [0.2, 0.25) is 0 Å². The standard InChI is InChI=1S/C25H39N3O2/c1-19-16-23(26)8-5-6-13-27-18-22-11-12-24(9-7-10-25(19)22)28-20(2)17-21(3)30-15-14-29-4/h7,9,11-12,17,19,22-23,27-28H,2,5-6,8,13-16,18,26H2,1,3-4H3/b12-11?,21-17+,24-9+. The van der Waals surface area contributed by atoms with Gasteiger partial charge in [0.05, 0.1) is 12.4 Å². The number of nitrogens with two attached hydrogens (primary N) is 1. The van der Waals surface area contributed by atoms with Gasteiger partial charge in [0.1, 0.15) is 6.61 Å². The van der Waals surface area contributed by atoms with E-state index in [1.807, 2.05) is 25.2 Å². The Morgan fingerprint density at radius 2 is 2.23 bits per heavy atom. The quantitative estimate of drug-likeness (QED) is 0.255. The summed E-state index contributed by atoms with van der Waals surface area (Å²) in [5.41, 5.74) is 13.0. The van der Waals surface area contributed by atoms with Crippen LogP contribution in [0.3, 0.4) is 0 Å². The van der Waals surface area contributed by atoms with Crippen molar-refractivity contribution in [2.24, 2.45) is 17.6 Å². The summed E-state index contributed by atoms with van der Waals surface area (Å²) in [6, 6.07) is 0.264. The molecule has 166 valence electrons. The highest BCUT2D eigenvalue weighted by Crippen LogP contribution is 2.27. The van der Waals surface area contributed by atoms with E-state index in [-0.39, 0.29) is 6.04 Å².